The quantitative estimate of drug-likeness (QED) is 0.845. The summed E-state index contributed by atoms with van der Waals surface area (Å²) in [4.78, 5) is 25.2. The lowest BCUT2D eigenvalue weighted by Gasteiger charge is -2.34. The summed E-state index contributed by atoms with van der Waals surface area (Å²) in [5.74, 6) is -1.59. The smallest absolute Gasteiger partial charge is 0.312 e. The first-order valence-electron chi connectivity index (χ1n) is 6.31. The van der Waals surface area contributed by atoms with Gasteiger partial charge in [0.15, 0.2) is 0 Å². The molecule has 0 radical (unpaired) electrons. The Bertz CT molecular complexity index is 501. The van der Waals surface area contributed by atoms with E-state index in [9.17, 15) is 14.7 Å². The van der Waals surface area contributed by atoms with E-state index in [2.05, 4.69) is 5.32 Å². The number of hydrogen-bond donors (Lipinski definition) is 2. The maximum Gasteiger partial charge on any atom is 0.312 e. The summed E-state index contributed by atoms with van der Waals surface area (Å²) in [6.45, 7) is 2.49. The minimum atomic E-state index is -0.887. The Balaban J connectivity index is 2.30. The molecule has 102 valence electrons. The highest BCUT2D eigenvalue weighted by atomic mass is 16.4. The molecule has 1 amide bonds. The largest absolute Gasteiger partial charge is 0.481 e. The van der Waals surface area contributed by atoms with Gasteiger partial charge in [-0.2, -0.15) is 0 Å². The summed E-state index contributed by atoms with van der Waals surface area (Å²) < 4.78 is 0. The third-order valence-corrected chi connectivity index (χ3v) is 3.61. The first-order chi connectivity index (χ1) is 9.04. The Hall–Kier alpha value is -1.88. The fourth-order valence-corrected chi connectivity index (χ4v) is 2.38. The van der Waals surface area contributed by atoms with Gasteiger partial charge in [0, 0.05) is 13.1 Å². The Morgan fingerprint density at radius 2 is 2.11 bits per heavy atom. The molecule has 5 heteroatoms. The van der Waals surface area contributed by atoms with E-state index in [1.54, 1.807) is 18.9 Å². The van der Waals surface area contributed by atoms with Crippen molar-refractivity contribution in [3.63, 3.8) is 0 Å². The Morgan fingerprint density at radius 3 is 2.74 bits per heavy atom. The lowest BCUT2D eigenvalue weighted by atomic mass is 9.89. The van der Waals surface area contributed by atoms with Crippen molar-refractivity contribution < 1.29 is 14.7 Å². The number of fused-ring (bicyclic) bond motifs is 1. The highest BCUT2D eigenvalue weighted by Gasteiger charge is 2.33. The molecular weight excluding hydrogens is 244 g/mol. The number of carboxylic acids is 1. The van der Waals surface area contributed by atoms with Crippen molar-refractivity contribution in [2.75, 3.05) is 13.6 Å². The molecule has 1 heterocycles. The van der Waals surface area contributed by atoms with Crippen LogP contribution in [0.3, 0.4) is 0 Å². The van der Waals surface area contributed by atoms with Gasteiger partial charge < -0.3 is 15.3 Å². The van der Waals surface area contributed by atoms with Crippen LogP contribution in [0, 0.1) is 0 Å². The van der Waals surface area contributed by atoms with E-state index in [4.69, 9.17) is 0 Å². The molecule has 1 aromatic rings. The van der Waals surface area contributed by atoms with Crippen LogP contribution in [-0.2, 0) is 16.1 Å². The first-order valence-corrected chi connectivity index (χ1v) is 6.31. The Kier molecular flexibility index (Phi) is 3.85. The van der Waals surface area contributed by atoms with Gasteiger partial charge in [0.2, 0.25) is 5.91 Å². The van der Waals surface area contributed by atoms with Crippen LogP contribution in [0.5, 0.6) is 0 Å². The predicted molar refractivity (Wildman–Crippen MR) is 70.8 cm³/mol. The van der Waals surface area contributed by atoms with Crippen LogP contribution in [0.4, 0.5) is 0 Å². The van der Waals surface area contributed by atoms with Crippen LogP contribution >= 0.6 is 0 Å². The van der Waals surface area contributed by atoms with Crippen LogP contribution in [0.15, 0.2) is 24.3 Å². The summed E-state index contributed by atoms with van der Waals surface area (Å²) in [5.41, 5.74) is 1.73. The summed E-state index contributed by atoms with van der Waals surface area (Å²) in [6.07, 6.45) is 0. The van der Waals surface area contributed by atoms with Gasteiger partial charge in [0.1, 0.15) is 0 Å². The average Bonchev–Trinajstić information content (AvgIpc) is 2.44. The van der Waals surface area contributed by atoms with Crippen molar-refractivity contribution in [3.05, 3.63) is 35.4 Å². The SMILES string of the molecule is CNC(C)C(=O)N1Cc2ccccc2C(C(=O)O)C1. The topological polar surface area (TPSA) is 69.6 Å². The zero-order valence-corrected chi connectivity index (χ0v) is 11.1. The lowest BCUT2D eigenvalue weighted by molar-refractivity contribution is -0.141. The molecule has 0 aromatic heterocycles. The summed E-state index contributed by atoms with van der Waals surface area (Å²) in [5, 5.41) is 12.2. The summed E-state index contributed by atoms with van der Waals surface area (Å²) >= 11 is 0. The van der Waals surface area contributed by atoms with Gasteiger partial charge in [-0.05, 0) is 25.1 Å². The predicted octanol–water partition coefficient (Wildman–Crippen LogP) is 0.805. The van der Waals surface area contributed by atoms with Crippen LogP contribution in [-0.4, -0.2) is 41.5 Å². The molecule has 0 aliphatic carbocycles. The van der Waals surface area contributed by atoms with Crippen LogP contribution in [0.25, 0.3) is 0 Å². The highest BCUT2D eigenvalue weighted by Crippen LogP contribution is 2.28. The Labute approximate surface area is 112 Å². The number of carbonyl (C=O) groups is 2. The molecule has 1 aliphatic rings. The number of carbonyl (C=O) groups excluding carboxylic acids is 1. The normalized spacial score (nSPS) is 19.7. The van der Waals surface area contributed by atoms with Gasteiger partial charge in [0.05, 0.1) is 12.0 Å². The minimum absolute atomic E-state index is 0.0664. The third kappa shape index (κ3) is 2.61. The zero-order chi connectivity index (χ0) is 14.0. The van der Waals surface area contributed by atoms with Gasteiger partial charge in [-0.1, -0.05) is 24.3 Å². The molecular formula is C14H18N2O3. The molecule has 19 heavy (non-hydrogen) atoms. The Morgan fingerprint density at radius 1 is 1.42 bits per heavy atom. The van der Waals surface area contributed by atoms with E-state index in [0.717, 1.165) is 11.1 Å². The second-order valence-electron chi connectivity index (χ2n) is 4.82. The van der Waals surface area contributed by atoms with E-state index in [1.165, 1.54) is 0 Å². The second-order valence-corrected chi connectivity index (χ2v) is 4.82. The van der Waals surface area contributed by atoms with E-state index < -0.39 is 11.9 Å². The molecule has 2 atom stereocenters. The fraction of sp³-hybridized carbons (Fsp3) is 0.429. The third-order valence-electron chi connectivity index (χ3n) is 3.61. The molecule has 2 rings (SSSR count). The van der Waals surface area contributed by atoms with Gasteiger partial charge in [-0.25, -0.2) is 0 Å². The van der Waals surface area contributed by atoms with E-state index >= 15 is 0 Å². The summed E-state index contributed by atoms with van der Waals surface area (Å²) in [6, 6.07) is 7.11. The maximum atomic E-state index is 12.2. The minimum Gasteiger partial charge on any atom is -0.481 e. The van der Waals surface area contributed by atoms with Crippen molar-refractivity contribution in [3.8, 4) is 0 Å². The number of amides is 1. The monoisotopic (exact) mass is 262 g/mol. The number of likely N-dealkylation sites (N-methyl/N-ethyl adjacent to an activating group) is 1. The lowest BCUT2D eigenvalue weighted by Crippen LogP contribution is -2.47. The van der Waals surface area contributed by atoms with Crippen molar-refractivity contribution in [1.82, 2.24) is 10.2 Å². The van der Waals surface area contributed by atoms with E-state index in [0.29, 0.717) is 6.54 Å². The summed E-state index contributed by atoms with van der Waals surface area (Å²) in [7, 11) is 1.72. The van der Waals surface area contributed by atoms with Crippen LogP contribution < -0.4 is 5.32 Å². The highest BCUT2D eigenvalue weighted by molar-refractivity contribution is 5.84. The standard InChI is InChI=1S/C14H18N2O3/c1-9(15-2)13(17)16-7-10-5-3-4-6-11(10)12(8-16)14(18)19/h3-6,9,12,15H,7-8H2,1-2H3,(H,18,19). The molecule has 0 saturated carbocycles. The van der Waals surface area contributed by atoms with Gasteiger partial charge in [-0.3, -0.25) is 9.59 Å². The van der Waals surface area contributed by atoms with E-state index in [1.807, 2.05) is 24.3 Å². The van der Waals surface area contributed by atoms with Gasteiger partial charge >= 0.3 is 5.97 Å². The van der Waals surface area contributed by atoms with Crippen molar-refractivity contribution >= 4 is 11.9 Å². The van der Waals surface area contributed by atoms with Crippen LogP contribution in [0.2, 0.25) is 0 Å². The zero-order valence-electron chi connectivity index (χ0n) is 11.1. The van der Waals surface area contributed by atoms with Crippen molar-refractivity contribution in [2.45, 2.75) is 25.4 Å². The molecule has 2 N–H and O–H groups in total. The second kappa shape index (κ2) is 5.40. The molecule has 5 nitrogen and oxygen atoms in total. The fourth-order valence-electron chi connectivity index (χ4n) is 2.38. The molecule has 0 saturated heterocycles. The number of nitrogens with zero attached hydrogens (tertiary/aromatic N) is 1. The molecule has 2 unspecified atom stereocenters. The number of rotatable bonds is 3. The number of hydrogen-bond acceptors (Lipinski definition) is 3. The molecule has 0 bridgehead atoms. The van der Waals surface area contributed by atoms with Crippen molar-refractivity contribution in [1.29, 1.82) is 0 Å². The average molecular weight is 262 g/mol. The number of carboxylic acid groups (broad SMARTS) is 1. The van der Waals surface area contributed by atoms with Gasteiger partial charge in [0.25, 0.3) is 0 Å². The first kappa shape index (κ1) is 13.5. The number of nitrogens with one attached hydrogen (secondary N) is 1. The molecule has 0 spiro atoms. The van der Waals surface area contributed by atoms with Crippen LogP contribution in [0.1, 0.15) is 24.0 Å². The maximum absolute atomic E-state index is 12.2. The van der Waals surface area contributed by atoms with E-state index in [-0.39, 0.29) is 18.5 Å². The van der Waals surface area contributed by atoms with Gasteiger partial charge in [-0.15, -0.1) is 0 Å². The molecule has 1 aromatic carbocycles. The number of aliphatic carboxylic acids is 1. The molecule has 0 fully saturated rings. The van der Waals surface area contributed by atoms with Crippen molar-refractivity contribution in [2.24, 2.45) is 0 Å². The molecule has 1 aliphatic heterocycles. The number of benzene rings is 1.